The van der Waals surface area contributed by atoms with Gasteiger partial charge in [0.25, 0.3) is 0 Å². The molecule has 3 nitrogen and oxygen atoms in total. The number of ether oxygens (including phenoxy) is 2. The molecule has 1 aliphatic heterocycles. The zero-order valence-corrected chi connectivity index (χ0v) is 10.2. The van der Waals surface area contributed by atoms with E-state index in [2.05, 4.69) is 12.1 Å². The molecule has 0 radical (unpaired) electrons. The van der Waals surface area contributed by atoms with Crippen molar-refractivity contribution in [2.75, 3.05) is 13.7 Å². The fourth-order valence-electron chi connectivity index (χ4n) is 2.36. The lowest BCUT2D eigenvalue weighted by Crippen LogP contribution is -2.22. The highest BCUT2D eigenvalue weighted by Crippen LogP contribution is 2.42. The molecule has 18 heavy (non-hydrogen) atoms. The smallest absolute Gasteiger partial charge is 0.137 e. The van der Waals surface area contributed by atoms with Crippen molar-refractivity contribution in [2.45, 2.75) is 6.10 Å². The Kier molecular flexibility index (Phi) is 2.68. The first-order valence-corrected chi connectivity index (χ1v) is 5.97. The molecule has 1 unspecified atom stereocenters. The molecule has 1 aliphatic rings. The Morgan fingerprint density at radius 3 is 2.78 bits per heavy atom. The Morgan fingerprint density at radius 1 is 1.17 bits per heavy atom. The molecular weight excluding hydrogens is 226 g/mol. The SMILES string of the molecule is COc1ccc2c(c1)C(CN)Oc1ccccc1-2. The average Bonchev–Trinajstić information content (AvgIpc) is 2.45. The normalized spacial score (nSPS) is 16.4. The molecule has 2 aromatic carbocycles. The number of benzene rings is 2. The molecule has 0 amide bonds. The third-order valence-electron chi connectivity index (χ3n) is 3.27. The third kappa shape index (κ3) is 1.64. The van der Waals surface area contributed by atoms with Crippen molar-refractivity contribution in [3.8, 4) is 22.6 Å². The monoisotopic (exact) mass is 241 g/mol. The zero-order chi connectivity index (χ0) is 12.5. The summed E-state index contributed by atoms with van der Waals surface area (Å²) in [6.07, 6.45) is -0.106. The molecule has 0 aliphatic carbocycles. The van der Waals surface area contributed by atoms with Crippen molar-refractivity contribution in [1.82, 2.24) is 0 Å². The summed E-state index contributed by atoms with van der Waals surface area (Å²) < 4.78 is 11.2. The fraction of sp³-hybridized carbons (Fsp3) is 0.200. The van der Waals surface area contributed by atoms with E-state index in [-0.39, 0.29) is 6.10 Å². The van der Waals surface area contributed by atoms with Gasteiger partial charge in [-0.25, -0.2) is 0 Å². The van der Waals surface area contributed by atoms with E-state index in [0.717, 1.165) is 22.6 Å². The molecule has 2 aromatic rings. The summed E-state index contributed by atoms with van der Waals surface area (Å²) in [7, 11) is 1.66. The van der Waals surface area contributed by atoms with Crippen LogP contribution in [0.4, 0.5) is 0 Å². The summed E-state index contributed by atoms with van der Waals surface area (Å²) in [6.45, 7) is 0.453. The summed E-state index contributed by atoms with van der Waals surface area (Å²) >= 11 is 0. The van der Waals surface area contributed by atoms with Crippen LogP contribution in [0.1, 0.15) is 11.7 Å². The second kappa shape index (κ2) is 4.35. The zero-order valence-electron chi connectivity index (χ0n) is 10.2. The maximum atomic E-state index is 5.93. The van der Waals surface area contributed by atoms with Gasteiger partial charge in [-0.05, 0) is 23.8 Å². The van der Waals surface area contributed by atoms with Gasteiger partial charge in [-0.2, -0.15) is 0 Å². The maximum absolute atomic E-state index is 5.93. The highest BCUT2D eigenvalue weighted by atomic mass is 16.5. The third-order valence-corrected chi connectivity index (χ3v) is 3.27. The number of hydrogen-bond acceptors (Lipinski definition) is 3. The molecule has 0 fully saturated rings. The summed E-state index contributed by atoms with van der Waals surface area (Å²) in [5.74, 6) is 1.72. The highest BCUT2D eigenvalue weighted by molar-refractivity contribution is 5.76. The van der Waals surface area contributed by atoms with Gasteiger partial charge in [-0.15, -0.1) is 0 Å². The van der Waals surface area contributed by atoms with Crippen LogP contribution in [0, 0.1) is 0 Å². The number of methoxy groups -OCH3 is 1. The summed E-state index contributed by atoms with van der Waals surface area (Å²) in [5, 5.41) is 0. The second-order valence-electron chi connectivity index (χ2n) is 4.29. The Balaban J connectivity index is 2.20. The molecule has 0 saturated heterocycles. The number of nitrogens with two attached hydrogens (primary N) is 1. The average molecular weight is 241 g/mol. The lowest BCUT2D eigenvalue weighted by Gasteiger charge is -2.28. The van der Waals surface area contributed by atoms with Gasteiger partial charge in [0.05, 0.1) is 7.11 Å². The number of para-hydroxylation sites is 1. The van der Waals surface area contributed by atoms with Crippen LogP contribution in [0.25, 0.3) is 11.1 Å². The Labute approximate surface area is 106 Å². The molecule has 2 N–H and O–H groups in total. The van der Waals surface area contributed by atoms with Gasteiger partial charge in [0.15, 0.2) is 0 Å². The molecular formula is C15H15NO2. The van der Waals surface area contributed by atoms with E-state index < -0.39 is 0 Å². The Bertz CT molecular complexity index is 580. The van der Waals surface area contributed by atoms with Crippen molar-refractivity contribution < 1.29 is 9.47 Å². The minimum atomic E-state index is -0.106. The fourth-order valence-corrected chi connectivity index (χ4v) is 2.36. The molecule has 0 aromatic heterocycles. The van der Waals surface area contributed by atoms with E-state index in [4.69, 9.17) is 15.2 Å². The molecule has 0 bridgehead atoms. The predicted octanol–water partition coefficient (Wildman–Crippen LogP) is 2.75. The van der Waals surface area contributed by atoms with E-state index >= 15 is 0 Å². The van der Waals surface area contributed by atoms with Crippen LogP contribution in [-0.2, 0) is 0 Å². The van der Waals surface area contributed by atoms with E-state index in [1.807, 2.05) is 30.3 Å². The Hall–Kier alpha value is -2.00. The van der Waals surface area contributed by atoms with E-state index in [0.29, 0.717) is 6.54 Å². The molecule has 3 rings (SSSR count). The van der Waals surface area contributed by atoms with Crippen molar-refractivity contribution in [3.05, 3.63) is 48.0 Å². The van der Waals surface area contributed by atoms with Crippen LogP contribution in [0.3, 0.4) is 0 Å². The molecule has 1 heterocycles. The van der Waals surface area contributed by atoms with Crippen molar-refractivity contribution >= 4 is 0 Å². The molecule has 0 saturated carbocycles. The molecule has 1 atom stereocenters. The van der Waals surface area contributed by atoms with E-state index in [1.54, 1.807) is 7.11 Å². The van der Waals surface area contributed by atoms with Crippen molar-refractivity contribution in [1.29, 1.82) is 0 Å². The van der Waals surface area contributed by atoms with Gasteiger partial charge in [0.1, 0.15) is 17.6 Å². The van der Waals surface area contributed by atoms with Crippen LogP contribution in [0.15, 0.2) is 42.5 Å². The summed E-state index contributed by atoms with van der Waals surface area (Å²) in [5.41, 5.74) is 9.18. The van der Waals surface area contributed by atoms with Crippen LogP contribution >= 0.6 is 0 Å². The predicted molar refractivity (Wildman–Crippen MR) is 70.9 cm³/mol. The van der Waals surface area contributed by atoms with Gasteiger partial charge < -0.3 is 15.2 Å². The molecule has 0 spiro atoms. The quantitative estimate of drug-likeness (QED) is 0.879. The van der Waals surface area contributed by atoms with Gasteiger partial charge in [0, 0.05) is 17.7 Å². The lowest BCUT2D eigenvalue weighted by atomic mass is 9.92. The lowest BCUT2D eigenvalue weighted by molar-refractivity contribution is 0.210. The van der Waals surface area contributed by atoms with Crippen LogP contribution < -0.4 is 15.2 Å². The topological polar surface area (TPSA) is 44.5 Å². The van der Waals surface area contributed by atoms with Crippen LogP contribution in [-0.4, -0.2) is 13.7 Å². The van der Waals surface area contributed by atoms with Crippen LogP contribution in [0.2, 0.25) is 0 Å². The summed E-state index contributed by atoms with van der Waals surface area (Å²) in [6, 6.07) is 14.1. The van der Waals surface area contributed by atoms with Gasteiger partial charge in [-0.3, -0.25) is 0 Å². The number of hydrogen-bond donors (Lipinski definition) is 1. The van der Waals surface area contributed by atoms with Gasteiger partial charge >= 0.3 is 0 Å². The summed E-state index contributed by atoms with van der Waals surface area (Å²) in [4.78, 5) is 0. The largest absolute Gasteiger partial charge is 0.497 e. The molecule has 3 heteroatoms. The van der Waals surface area contributed by atoms with Crippen molar-refractivity contribution in [2.24, 2.45) is 5.73 Å². The van der Waals surface area contributed by atoms with Crippen LogP contribution in [0.5, 0.6) is 11.5 Å². The van der Waals surface area contributed by atoms with E-state index in [9.17, 15) is 0 Å². The number of rotatable bonds is 2. The first kappa shape index (κ1) is 11.1. The maximum Gasteiger partial charge on any atom is 0.137 e. The highest BCUT2D eigenvalue weighted by Gasteiger charge is 2.25. The standard InChI is InChI=1S/C15H15NO2/c1-17-10-6-7-11-12-4-2-3-5-14(12)18-15(9-16)13(11)8-10/h2-8,15H,9,16H2,1H3. The molecule has 92 valence electrons. The minimum Gasteiger partial charge on any atom is -0.497 e. The first-order valence-electron chi connectivity index (χ1n) is 5.97. The van der Waals surface area contributed by atoms with E-state index in [1.165, 1.54) is 5.56 Å². The number of fused-ring (bicyclic) bond motifs is 3. The first-order chi connectivity index (χ1) is 8.83. The van der Waals surface area contributed by atoms with Crippen molar-refractivity contribution in [3.63, 3.8) is 0 Å². The second-order valence-corrected chi connectivity index (χ2v) is 4.29. The van der Waals surface area contributed by atoms with Gasteiger partial charge in [-0.1, -0.05) is 24.3 Å². The van der Waals surface area contributed by atoms with Gasteiger partial charge in [0.2, 0.25) is 0 Å². The Morgan fingerprint density at radius 2 is 2.00 bits per heavy atom. The minimum absolute atomic E-state index is 0.106.